The first kappa shape index (κ1) is 24.8. The van der Waals surface area contributed by atoms with Crippen LogP contribution in [-0.2, 0) is 12.7 Å². The van der Waals surface area contributed by atoms with E-state index < -0.39 is 17.6 Å². The SMILES string of the molecule is CNC(CN(C)C)c1ccc(C(F)(F)F)c(CN2CCN(c3ccc(Cl)c(F)c3)CC2)c1. The smallest absolute Gasteiger partial charge is 0.369 e. The van der Waals surface area contributed by atoms with Crippen LogP contribution in [0.4, 0.5) is 23.2 Å². The molecule has 0 aromatic heterocycles. The predicted octanol–water partition coefficient (Wildman–Crippen LogP) is 4.64. The third-order valence-electron chi connectivity index (χ3n) is 5.77. The Morgan fingerprint density at radius 3 is 2.31 bits per heavy atom. The third-order valence-corrected chi connectivity index (χ3v) is 6.07. The molecule has 2 aromatic rings. The first-order valence-electron chi connectivity index (χ1n) is 10.5. The maximum absolute atomic E-state index is 13.8. The van der Waals surface area contributed by atoms with Crippen LogP contribution in [0.1, 0.15) is 22.7 Å². The van der Waals surface area contributed by atoms with Crippen LogP contribution in [-0.4, -0.2) is 63.7 Å². The fourth-order valence-electron chi connectivity index (χ4n) is 4.05. The fourth-order valence-corrected chi connectivity index (χ4v) is 4.17. The Kier molecular flexibility index (Phi) is 8.03. The largest absolute Gasteiger partial charge is 0.416 e. The van der Waals surface area contributed by atoms with E-state index in [9.17, 15) is 17.6 Å². The molecule has 1 aliphatic heterocycles. The number of likely N-dealkylation sites (N-methyl/N-ethyl adjacent to an activating group) is 2. The first-order valence-corrected chi connectivity index (χ1v) is 10.9. The number of piperazine rings is 1. The minimum Gasteiger partial charge on any atom is -0.369 e. The van der Waals surface area contributed by atoms with Crippen LogP contribution in [0.5, 0.6) is 0 Å². The van der Waals surface area contributed by atoms with Gasteiger partial charge in [0.15, 0.2) is 0 Å². The fraction of sp³-hybridized carbons (Fsp3) is 0.478. The number of halogens is 5. The van der Waals surface area contributed by atoms with Crippen LogP contribution in [0, 0.1) is 5.82 Å². The number of hydrogen-bond donors (Lipinski definition) is 1. The molecule has 1 N–H and O–H groups in total. The zero-order valence-electron chi connectivity index (χ0n) is 18.5. The normalized spacial score (nSPS) is 16.6. The van der Waals surface area contributed by atoms with E-state index in [4.69, 9.17) is 11.6 Å². The van der Waals surface area contributed by atoms with Gasteiger partial charge in [0.1, 0.15) is 5.82 Å². The molecular formula is C23H29ClF4N4. The van der Waals surface area contributed by atoms with Crippen molar-refractivity contribution in [2.24, 2.45) is 0 Å². The Bertz CT molecular complexity index is 911. The molecular weight excluding hydrogens is 444 g/mol. The Morgan fingerprint density at radius 1 is 1.06 bits per heavy atom. The molecule has 0 amide bonds. The number of anilines is 1. The summed E-state index contributed by atoms with van der Waals surface area (Å²) in [6.45, 7) is 3.25. The van der Waals surface area contributed by atoms with E-state index in [2.05, 4.69) is 5.32 Å². The molecule has 1 unspecified atom stereocenters. The van der Waals surface area contributed by atoms with E-state index >= 15 is 0 Å². The molecule has 1 atom stereocenters. The van der Waals surface area contributed by atoms with E-state index in [1.165, 1.54) is 18.2 Å². The number of benzene rings is 2. The quantitative estimate of drug-likeness (QED) is 0.592. The van der Waals surface area contributed by atoms with E-state index in [1.807, 2.05) is 35.8 Å². The summed E-state index contributed by atoms with van der Waals surface area (Å²) in [5.74, 6) is -0.477. The topological polar surface area (TPSA) is 21.8 Å². The van der Waals surface area contributed by atoms with Gasteiger partial charge in [-0.2, -0.15) is 13.2 Å². The number of rotatable bonds is 7. The van der Waals surface area contributed by atoms with E-state index in [1.54, 1.807) is 18.2 Å². The van der Waals surface area contributed by atoms with Crippen molar-refractivity contribution >= 4 is 17.3 Å². The minimum absolute atomic E-state index is 0.0670. The number of hydrogen-bond acceptors (Lipinski definition) is 4. The van der Waals surface area contributed by atoms with Crippen LogP contribution in [0.25, 0.3) is 0 Å². The molecule has 1 saturated heterocycles. The molecule has 0 radical (unpaired) electrons. The number of nitrogens with one attached hydrogen (secondary N) is 1. The molecule has 0 bridgehead atoms. The highest BCUT2D eigenvalue weighted by atomic mass is 35.5. The molecule has 176 valence electrons. The highest BCUT2D eigenvalue weighted by Gasteiger charge is 2.34. The lowest BCUT2D eigenvalue weighted by Gasteiger charge is -2.36. The van der Waals surface area contributed by atoms with Gasteiger partial charge in [-0.15, -0.1) is 0 Å². The number of nitrogens with zero attached hydrogens (tertiary/aromatic N) is 3. The molecule has 0 saturated carbocycles. The third kappa shape index (κ3) is 6.13. The van der Waals surface area contributed by atoms with Crippen LogP contribution >= 0.6 is 11.6 Å². The molecule has 4 nitrogen and oxygen atoms in total. The van der Waals surface area contributed by atoms with Crippen LogP contribution < -0.4 is 10.2 Å². The zero-order valence-corrected chi connectivity index (χ0v) is 19.3. The van der Waals surface area contributed by atoms with Crippen molar-refractivity contribution in [3.63, 3.8) is 0 Å². The summed E-state index contributed by atoms with van der Waals surface area (Å²) in [5.41, 5.74) is 1.24. The Balaban J connectivity index is 1.75. The predicted molar refractivity (Wildman–Crippen MR) is 121 cm³/mol. The minimum atomic E-state index is -4.41. The van der Waals surface area contributed by atoms with Crippen molar-refractivity contribution in [2.75, 3.05) is 58.8 Å². The maximum atomic E-state index is 13.8. The molecule has 1 fully saturated rings. The maximum Gasteiger partial charge on any atom is 0.416 e. The van der Waals surface area contributed by atoms with Gasteiger partial charge in [-0.05, 0) is 56.5 Å². The average Bonchev–Trinajstić information content (AvgIpc) is 2.73. The van der Waals surface area contributed by atoms with Crippen molar-refractivity contribution < 1.29 is 17.6 Å². The van der Waals surface area contributed by atoms with Gasteiger partial charge in [-0.1, -0.05) is 23.7 Å². The summed E-state index contributed by atoms with van der Waals surface area (Å²) in [4.78, 5) is 6.03. The second-order valence-electron chi connectivity index (χ2n) is 8.38. The van der Waals surface area contributed by atoms with Crippen molar-refractivity contribution in [2.45, 2.75) is 18.8 Å². The van der Waals surface area contributed by atoms with Crippen molar-refractivity contribution in [1.29, 1.82) is 0 Å². The lowest BCUT2D eigenvalue weighted by atomic mass is 9.98. The summed E-state index contributed by atoms with van der Waals surface area (Å²) in [7, 11) is 5.67. The van der Waals surface area contributed by atoms with Crippen LogP contribution in [0.3, 0.4) is 0 Å². The lowest BCUT2D eigenvalue weighted by Crippen LogP contribution is -2.46. The first-order chi connectivity index (χ1) is 15.1. The second-order valence-corrected chi connectivity index (χ2v) is 8.79. The van der Waals surface area contributed by atoms with Crippen LogP contribution in [0.2, 0.25) is 5.02 Å². The summed E-state index contributed by atoms with van der Waals surface area (Å²) < 4.78 is 54.8. The Labute approximate surface area is 191 Å². The Morgan fingerprint density at radius 2 is 1.75 bits per heavy atom. The molecule has 2 aromatic carbocycles. The molecule has 0 spiro atoms. The van der Waals surface area contributed by atoms with Crippen LogP contribution in [0.15, 0.2) is 36.4 Å². The van der Waals surface area contributed by atoms with Gasteiger partial charge in [0, 0.05) is 51.0 Å². The van der Waals surface area contributed by atoms with E-state index in [-0.39, 0.29) is 23.2 Å². The molecule has 1 heterocycles. The monoisotopic (exact) mass is 472 g/mol. The molecule has 9 heteroatoms. The van der Waals surface area contributed by atoms with Crippen molar-refractivity contribution in [1.82, 2.24) is 15.1 Å². The van der Waals surface area contributed by atoms with Gasteiger partial charge < -0.3 is 15.1 Å². The number of alkyl halides is 3. The Hall–Kier alpha value is -1.87. The average molecular weight is 473 g/mol. The molecule has 0 aliphatic carbocycles. The van der Waals surface area contributed by atoms with E-state index in [0.717, 1.165) is 11.3 Å². The van der Waals surface area contributed by atoms with Crippen molar-refractivity contribution in [3.05, 3.63) is 63.9 Å². The highest BCUT2D eigenvalue weighted by Crippen LogP contribution is 2.34. The lowest BCUT2D eigenvalue weighted by molar-refractivity contribution is -0.138. The molecule has 3 rings (SSSR count). The van der Waals surface area contributed by atoms with Gasteiger partial charge in [-0.25, -0.2) is 4.39 Å². The summed E-state index contributed by atoms with van der Waals surface area (Å²) in [5, 5.41) is 3.26. The van der Waals surface area contributed by atoms with Gasteiger partial charge in [-0.3, -0.25) is 4.90 Å². The highest BCUT2D eigenvalue weighted by molar-refractivity contribution is 6.30. The molecule has 32 heavy (non-hydrogen) atoms. The van der Waals surface area contributed by atoms with E-state index in [0.29, 0.717) is 32.7 Å². The van der Waals surface area contributed by atoms with Gasteiger partial charge >= 0.3 is 6.18 Å². The zero-order chi connectivity index (χ0) is 23.5. The summed E-state index contributed by atoms with van der Waals surface area (Å²) in [6, 6.07) is 9.03. The summed E-state index contributed by atoms with van der Waals surface area (Å²) >= 11 is 5.76. The second kappa shape index (κ2) is 10.4. The molecule has 1 aliphatic rings. The van der Waals surface area contributed by atoms with Gasteiger partial charge in [0.2, 0.25) is 0 Å². The summed E-state index contributed by atoms with van der Waals surface area (Å²) in [6.07, 6.45) is -4.41. The van der Waals surface area contributed by atoms with Gasteiger partial charge in [0.25, 0.3) is 0 Å². The van der Waals surface area contributed by atoms with Gasteiger partial charge in [0.05, 0.1) is 10.6 Å². The standard InChI is InChI=1S/C23H29ClF4N4/c1-29-22(15-30(2)3)16-4-6-19(23(26,27)28)17(12-16)14-31-8-10-32(11-9-31)18-5-7-20(24)21(25)13-18/h4-7,12-13,22,29H,8-11,14-15H2,1-3H3. The van der Waals surface area contributed by atoms with Crippen molar-refractivity contribution in [3.8, 4) is 0 Å².